The SMILES string of the molecule is [2H]C([2H])([2H])OC([2H])([2H])COc1cc2c(Nc3cccc(C#C)c3)ncnc2cc1OCCOC. The van der Waals surface area contributed by atoms with Gasteiger partial charge in [0.15, 0.2) is 11.5 Å². The van der Waals surface area contributed by atoms with E-state index in [4.69, 9.17) is 27.5 Å². The monoisotopic (exact) mass is 398 g/mol. The van der Waals surface area contributed by atoms with Gasteiger partial charge in [-0.05, 0) is 24.3 Å². The number of fused-ring (bicyclic) bond motifs is 1. The van der Waals surface area contributed by atoms with Crippen LogP contribution in [0.1, 0.15) is 12.4 Å². The van der Waals surface area contributed by atoms with Crippen LogP contribution in [0.5, 0.6) is 11.5 Å². The van der Waals surface area contributed by atoms with Gasteiger partial charge in [-0.3, -0.25) is 0 Å². The van der Waals surface area contributed by atoms with Crippen LogP contribution >= 0.6 is 0 Å². The van der Waals surface area contributed by atoms with Crippen LogP contribution in [0.25, 0.3) is 10.9 Å². The first kappa shape index (κ1) is 14.6. The molecule has 0 aliphatic heterocycles. The van der Waals surface area contributed by atoms with Crippen molar-refractivity contribution in [3.8, 4) is 23.8 Å². The molecule has 1 aromatic heterocycles. The molecule has 0 fully saturated rings. The third-order valence-corrected chi connectivity index (χ3v) is 3.90. The van der Waals surface area contributed by atoms with Crippen molar-refractivity contribution in [3.63, 3.8) is 0 Å². The molecular formula is C22H23N3O4. The van der Waals surface area contributed by atoms with Crippen molar-refractivity contribution in [1.29, 1.82) is 0 Å². The molecule has 0 radical (unpaired) electrons. The number of methoxy groups -OCH3 is 2. The highest BCUT2D eigenvalue weighted by molar-refractivity contribution is 5.93. The average Bonchev–Trinajstić information content (AvgIpc) is 2.76. The van der Waals surface area contributed by atoms with E-state index in [-0.39, 0.29) is 18.1 Å². The van der Waals surface area contributed by atoms with Crippen LogP contribution in [0.4, 0.5) is 11.5 Å². The van der Waals surface area contributed by atoms with E-state index in [1.165, 1.54) is 13.4 Å². The Balaban J connectivity index is 1.96. The fourth-order valence-electron chi connectivity index (χ4n) is 2.58. The number of nitrogens with one attached hydrogen (secondary N) is 1. The van der Waals surface area contributed by atoms with Crippen LogP contribution in [0, 0.1) is 12.3 Å². The Hall–Kier alpha value is -3.34. The molecule has 1 heterocycles. The van der Waals surface area contributed by atoms with Gasteiger partial charge >= 0.3 is 0 Å². The predicted octanol–water partition coefficient (Wildman–Crippen LogP) is 3.41. The lowest BCUT2D eigenvalue weighted by molar-refractivity contribution is 0.132. The topological polar surface area (TPSA) is 74.7 Å². The van der Waals surface area contributed by atoms with Crippen LogP contribution in [0.3, 0.4) is 0 Å². The molecule has 0 unspecified atom stereocenters. The molecule has 7 heteroatoms. The number of hydrogen-bond acceptors (Lipinski definition) is 7. The van der Waals surface area contributed by atoms with Crippen molar-refractivity contribution in [3.05, 3.63) is 48.3 Å². The van der Waals surface area contributed by atoms with Crippen LogP contribution < -0.4 is 14.8 Å². The van der Waals surface area contributed by atoms with E-state index in [2.05, 4.69) is 25.9 Å². The minimum absolute atomic E-state index is 0.150. The second kappa shape index (κ2) is 10.3. The van der Waals surface area contributed by atoms with Crippen molar-refractivity contribution in [2.45, 2.75) is 0 Å². The molecule has 1 N–H and O–H groups in total. The molecule has 0 saturated heterocycles. The summed E-state index contributed by atoms with van der Waals surface area (Å²) in [7, 11) is -1.39. The summed E-state index contributed by atoms with van der Waals surface area (Å²) in [5.74, 6) is 3.45. The van der Waals surface area contributed by atoms with Gasteiger partial charge in [-0.25, -0.2) is 9.97 Å². The van der Waals surface area contributed by atoms with Gasteiger partial charge < -0.3 is 24.3 Å². The highest BCUT2D eigenvalue weighted by Gasteiger charge is 2.13. The second-order valence-corrected chi connectivity index (χ2v) is 5.76. The van der Waals surface area contributed by atoms with Crippen LogP contribution in [-0.2, 0) is 9.47 Å². The van der Waals surface area contributed by atoms with Gasteiger partial charge in [-0.2, -0.15) is 0 Å². The summed E-state index contributed by atoms with van der Waals surface area (Å²) in [6.07, 6.45) is 6.86. The fraction of sp³-hybridized carbons (Fsp3) is 0.273. The van der Waals surface area contributed by atoms with Gasteiger partial charge in [0.2, 0.25) is 0 Å². The standard InChI is InChI=1S/C22H23N3O4/c1-4-16-6-5-7-17(12-16)25-22-18-13-20(28-10-8-26-2)21(29-11-9-27-3)14-19(18)23-15-24-22/h1,5-7,12-15H,8-11H2,2-3H3,(H,23,24,25)/i2D3,8D2. The van der Waals surface area contributed by atoms with Crippen molar-refractivity contribution in [2.24, 2.45) is 0 Å². The Morgan fingerprint density at radius 2 is 1.97 bits per heavy atom. The van der Waals surface area contributed by atoms with Gasteiger partial charge in [0.1, 0.15) is 25.4 Å². The Morgan fingerprint density at radius 3 is 2.79 bits per heavy atom. The minimum atomic E-state index is -2.92. The maximum Gasteiger partial charge on any atom is 0.163 e. The van der Waals surface area contributed by atoms with Gasteiger partial charge in [0.25, 0.3) is 0 Å². The summed E-state index contributed by atoms with van der Waals surface area (Å²) in [5, 5.41) is 3.74. The van der Waals surface area contributed by atoms with E-state index in [1.807, 2.05) is 12.1 Å². The Kier molecular flexibility index (Phi) is 5.18. The van der Waals surface area contributed by atoms with E-state index < -0.39 is 20.2 Å². The van der Waals surface area contributed by atoms with Crippen molar-refractivity contribution in [1.82, 2.24) is 9.97 Å². The highest BCUT2D eigenvalue weighted by Crippen LogP contribution is 2.35. The third kappa shape index (κ3) is 5.35. The summed E-state index contributed by atoms with van der Waals surface area (Å²) >= 11 is 0. The van der Waals surface area contributed by atoms with E-state index in [1.54, 1.807) is 24.3 Å². The Labute approximate surface area is 177 Å². The molecule has 0 spiro atoms. The number of terminal acetylenes is 1. The van der Waals surface area contributed by atoms with Crippen LogP contribution in [-0.4, -0.2) is 50.5 Å². The Morgan fingerprint density at radius 1 is 1.10 bits per heavy atom. The number of hydrogen-bond donors (Lipinski definition) is 1. The molecule has 3 aromatic rings. The zero-order valence-electron chi connectivity index (χ0n) is 20.8. The highest BCUT2D eigenvalue weighted by atomic mass is 16.5. The van der Waals surface area contributed by atoms with Crippen molar-refractivity contribution >= 4 is 22.4 Å². The smallest absolute Gasteiger partial charge is 0.163 e. The molecule has 150 valence electrons. The zero-order valence-corrected chi connectivity index (χ0v) is 15.8. The van der Waals surface area contributed by atoms with E-state index in [0.717, 1.165) is 0 Å². The van der Waals surface area contributed by atoms with E-state index >= 15 is 0 Å². The first-order chi connectivity index (χ1) is 16.1. The van der Waals surface area contributed by atoms with Gasteiger partial charge in [0.05, 0.1) is 25.5 Å². The van der Waals surface area contributed by atoms with Gasteiger partial charge in [-0.15, -0.1) is 6.42 Å². The number of rotatable bonds is 10. The molecule has 0 atom stereocenters. The molecule has 0 saturated carbocycles. The molecule has 0 aliphatic carbocycles. The predicted molar refractivity (Wildman–Crippen MR) is 112 cm³/mol. The number of ether oxygens (including phenoxy) is 4. The Bertz CT molecular complexity index is 1180. The maximum absolute atomic E-state index is 7.81. The fourth-order valence-corrected chi connectivity index (χ4v) is 2.58. The third-order valence-electron chi connectivity index (χ3n) is 3.90. The molecule has 29 heavy (non-hydrogen) atoms. The minimum Gasteiger partial charge on any atom is -0.487 e. The largest absolute Gasteiger partial charge is 0.487 e. The van der Waals surface area contributed by atoms with Crippen LogP contribution in [0.15, 0.2) is 42.7 Å². The summed E-state index contributed by atoms with van der Waals surface area (Å²) in [4.78, 5) is 8.58. The summed E-state index contributed by atoms with van der Waals surface area (Å²) in [5.41, 5.74) is 1.94. The lowest BCUT2D eigenvalue weighted by Crippen LogP contribution is -2.09. The number of benzene rings is 2. The zero-order chi connectivity index (χ0) is 24.8. The number of nitrogens with zero attached hydrogens (tertiary/aromatic N) is 2. The van der Waals surface area contributed by atoms with Crippen LogP contribution in [0.2, 0.25) is 0 Å². The molecular weight excluding hydrogens is 370 g/mol. The lowest BCUT2D eigenvalue weighted by atomic mass is 10.2. The molecule has 2 aromatic carbocycles. The van der Waals surface area contributed by atoms with E-state index in [0.29, 0.717) is 34.6 Å². The van der Waals surface area contributed by atoms with Crippen molar-refractivity contribution in [2.75, 3.05) is 45.8 Å². The molecule has 0 amide bonds. The van der Waals surface area contributed by atoms with E-state index in [9.17, 15) is 0 Å². The van der Waals surface area contributed by atoms with Gasteiger partial charge in [-0.1, -0.05) is 12.0 Å². The molecule has 3 rings (SSSR count). The first-order valence-corrected chi connectivity index (χ1v) is 8.67. The number of aromatic nitrogens is 2. The summed E-state index contributed by atoms with van der Waals surface area (Å²) < 4.78 is 57.8. The number of anilines is 2. The summed E-state index contributed by atoms with van der Waals surface area (Å²) in [6.45, 7) is -2.76. The quantitative estimate of drug-likeness (QED) is 0.414. The van der Waals surface area contributed by atoms with Gasteiger partial charge in [0, 0.05) is 36.9 Å². The maximum atomic E-state index is 7.81. The molecule has 7 nitrogen and oxygen atoms in total. The second-order valence-electron chi connectivity index (χ2n) is 5.76. The summed E-state index contributed by atoms with van der Waals surface area (Å²) in [6, 6.07) is 10.4. The normalized spacial score (nSPS) is 14.0. The lowest BCUT2D eigenvalue weighted by Gasteiger charge is -2.15. The molecule has 0 bridgehead atoms. The average molecular weight is 398 g/mol. The molecule has 0 aliphatic rings. The first-order valence-electron chi connectivity index (χ1n) is 11.2. The van der Waals surface area contributed by atoms with Crippen molar-refractivity contribution < 1.29 is 25.8 Å².